The first kappa shape index (κ1) is 11.1. The zero-order valence-corrected chi connectivity index (χ0v) is 10.2. The molecule has 1 heterocycles. The summed E-state index contributed by atoms with van der Waals surface area (Å²) in [7, 11) is 0. The SMILES string of the molecule is Oc1ccc2nc(Cl)cc(-c3ccccc3)c2c1. The number of hydrogen-bond acceptors (Lipinski definition) is 2. The monoisotopic (exact) mass is 255 g/mol. The number of rotatable bonds is 1. The zero-order valence-electron chi connectivity index (χ0n) is 9.47. The van der Waals surface area contributed by atoms with Crippen molar-refractivity contribution < 1.29 is 5.11 Å². The molecule has 3 heteroatoms. The number of fused-ring (bicyclic) bond motifs is 1. The van der Waals surface area contributed by atoms with Gasteiger partial charge in [0, 0.05) is 5.39 Å². The van der Waals surface area contributed by atoms with Gasteiger partial charge in [-0.1, -0.05) is 41.9 Å². The summed E-state index contributed by atoms with van der Waals surface area (Å²) in [6, 6.07) is 16.8. The molecule has 88 valence electrons. The highest BCUT2D eigenvalue weighted by molar-refractivity contribution is 6.30. The maximum atomic E-state index is 9.61. The highest BCUT2D eigenvalue weighted by Gasteiger charge is 2.07. The lowest BCUT2D eigenvalue weighted by molar-refractivity contribution is 0.476. The summed E-state index contributed by atoms with van der Waals surface area (Å²) in [5.41, 5.74) is 2.80. The first-order valence-electron chi connectivity index (χ1n) is 5.59. The summed E-state index contributed by atoms with van der Waals surface area (Å²) in [5, 5.41) is 11.0. The molecule has 0 fully saturated rings. The minimum atomic E-state index is 0.226. The van der Waals surface area contributed by atoms with Gasteiger partial charge in [-0.2, -0.15) is 0 Å². The summed E-state index contributed by atoms with van der Waals surface area (Å²) in [6.07, 6.45) is 0. The summed E-state index contributed by atoms with van der Waals surface area (Å²) < 4.78 is 0. The summed E-state index contributed by atoms with van der Waals surface area (Å²) >= 11 is 6.04. The average molecular weight is 256 g/mol. The fraction of sp³-hybridized carbons (Fsp3) is 0. The molecule has 0 aliphatic rings. The number of hydrogen-bond donors (Lipinski definition) is 1. The van der Waals surface area contributed by atoms with Crippen molar-refractivity contribution in [3.63, 3.8) is 0 Å². The number of halogens is 1. The molecule has 2 aromatic carbocycles. The molecule has 0 radical (unpaired) electrons. The number of phenolic OH excluding ortho intramolecular Hbond substituents is 1. The van der Waals surface area contributed by atoms with E-state index in [1.807, 2.05) is 36.4 Å². The molecular formula is C15H10ClNO. The van der Waals surface area contributed by atoms with E-state index < -0.39 is 0 Å². The molecule has 2 nitrogen and oxygen atoms in total. The van der Waals surface area contributed by atoms with Crippen LogP contribution in [0.25, 0.3) is 22.0 Å². The molecule has 0 aliphatic carbocycles. The van der Waals surface area contributed by atoms with E-state index in [2.05, 4.69) is 4.98 Å². The van der Waals surface area contributed by atoms with Crippen LogP contribution >= 0.6 is 11.6 Å². The quantitative estimate of drug-likeness (QED) is 0.659. The van der Waals surface area contributed by atoms with Crippen LogP contribution in [-0.2, 0) is 0 Å². The van der Waals surface area contributed by atoms with Crippen molar-refractivity contribution in [1.82, 2.24) is 4.98 Å². The predicted octanol–water partition coefficient (Wildman–Crippen LogP) is 4.26. The third kappa shape index (κ3) is 1.91. The lowest BCUT2D eigenvalue weighted by Gasteiger charge is -2.07. The molecule has 1 N–H and O–H groups in total. The average Bonchev–Trinajstić information content (AvgIpc) is 2.39. The van der Waals surface area contributed by atoms with Gasteiger partial charge in [0.2, 0.25) is 0 Å². The van der Waals surface area contributed by atoms with E-state index >= 15 is 0 Å². The third-order valence-electron chi connectivity index (χ3n) is 2.85. The molecular weight excluding hydrogens is 246 g/mol. The van der Waals surface area contributed by atoms with Crippen LogP contribution in [0.2, 0.25) is 5.15 Å². The molecule has 3 aromatic rings. The highest BCUT2D eigenvalue weighted by atomic mass is 35.5. The minimum Gasteiger partial charge on any atom is -0.508 e. The lowest BCUT2D eigenvalue weighted by Crippen LogP contribution is -1.85. The fourth-order valence-corrected chi connectivity index (χ4v) is 2.24. The second kappa shape index (κ2) is 4.31. The molecule has 0 saturated carbocycles. The van der Waals surface area contributed by atoms with Crippen molar-refractivity contribution in [2.45, 2.75) is 0 Å². The second-order valence-electron chi connectivity index (χ2n) is 4.06. The van der Waals surface area contributed by atoms with Crippen LogP contribution in [0.15, 0.2) is 54.6 Å². The van der Waals surface area contributed by atoms with Crippen molar-refractivity contribution in [1.29, 1.82) is 0 Å². The number of nitrogens with zero attached hydrogens (tertiary/aromatic N) is 1. The van der Waals surface area contributed by atoms with Crippen molar-refractivity contribution >= 4 is 22.5 Å². The number of aromatic nitrogens is 1. The maximum absolute atomic E-state index is 9.61. The Morgan fingerprint density at radius 2 is 1.72 bits per heavy atom. The van der Waals surface area contributed by atoms with Gasteiger partial charge in [0.05, 0.1) is 5.52 Å². The van der Waals surface area contributed by atoms with E-state index in [9.17, 15) is 5.11 Å². The zero-order chi connectivity index (χ0) is 12.5. The van der Waals surface area contributed by atoms with E-state index in [1.165, 1.54) is 0 Å². The van der Waals surface area contributed by atoms with Crippen LogP contribution < -0.4 is 0 Å². The molecule has 1 aromatic heterocycles. The molecule has 0 unspecified atom stereocenters. The molecule has 0 atom stereocenters. The molecule has 0 aliphatic heterocycles. The normalized spacial score (nSPS) is 10.7. The van der Waals surface area contributed by atoms with Crippen LogP contribution in [0.5, 0.6) is 5.75 Å². The Balaban J connectivity index is 2.37. The molecule has 18 heavy (non-hydrogen) atoms. The van der Waals surface area contributed by atoms with E-state index in [4.69, 9.17) is 11.6 Å². The first-order chi connectivity index (χ1) is 8.74. The van der Waals surface area contributed by atoms with Gasteiger partial charge in [0.1, 0.15) is 10.9 Å². The molecule has 0 bridgehead atoms. The third-order valence-corrected chi connectivity index (χ3v) is 3.04. The van der Waals surface area contributed by atoms with Crippen molar-refractivity contribution in [2.24, 2.45) is 0 Å². The number of aromatic hydroxyl groups is 1. The van der Waals surface area contributed by atoms with E-state index in [0.717, 1.165) is 22.0 Å². The Labute approximate surface area is 109 Å². The van der Waals surface area contributed by atoms with Crippen LogP contribution in [0.1, 0.15) is 0 Å². The van der Waals surface area contributed by atoms with Crippen LogP contribution in [-0.4, -0.2) is 10.1 Å². The summed E-state index contributed by atoms with van der Waals surface area (Å²) in [5.74, 6) is 0.226. The topological polar surface area (TPSA) is 33.1 Å². The van der Waals surface area contributed by atoms with Gasteiger partial charge in [-0.15, -0.1) is 0 Å². The van der Waals surface area contributed by atoms with Crippen molar-refractivity contribution in [3.8, 4) is 16.9 Å². The standard InChI is InChI=1S/C15H10ClNO/c16-15-9-12(10-4-2-1-3-5-10)13-8-11(18)6-7-14(13)17-15/h1-9,18H. The largest absolute Gasteiger partial charge is 0.508 e. The molecule has 0 spiro atoms. The van der Waals surface area contributed by atoms with Gasteiger partial charge in [-0.05, 0) is 35.4 Å². The van der Waals surface area contributed by atoms with E-state index in [-0.39, 0.29) is 5.75 Å². The predicted molar refractivity (Wildman–Crippen MR) is 73.9 cm³/mol. The van der Waals surface area contributed by atoms with Crippen LogP contribution in [0.3, 0.4) is 0 Å². The van der Waals surface area contributed by atoms with E-state index in [0.29, 0.717) is 5.15 Å². The first-order valence-corrected chi connectivity index (χ1v) is 5.96. The van der Waals surface area contributed by atoms with Gasteiger partial charge in [-0.3, -0.25) is 0 Å². The van der Waals surface area contributed by atoms with Gasteiger partial charge in [0.25, 0.3) is 0 Å². The van der Waals surface area contributed by atoms with Crippen molar-refractivity contribution in [3.05, 3.63) is 59.8 Å². The van der Waals surface area contributed by atoms with E-state index in [1.54, 1.807) is 18.2 Å². The second-order valence-corrected chi connectivity index (χ2v) is 4.45. The Bertz CT molecular complexity index is 710. The van der Waals surface area contributed by atoms with Gasteiger partial charge < -0.3 is 5.11 Å². The molecule has 0 amide bonds. The van der Waals surface area contributed by atoms with Gasteiger partial charge in [-0.25, -0.2) is 4.98 Å². The highest BCUT2D eigenvalue weighted by Crippen LogP contribution is 2.31. The Kier molecular flexibility index (Phi) is 2.65. The van der Waals surface area contributed by atoms with Crippen LogP contribution in [0.4, 0.5) is 0 Å². The smallest absolute Gasteiger partial charge is 0.130 e. The minimum absolute atomic E-state index is 0.226. The number of phenols is 1. The Hall–Kier alpha value is -2.06. The Morgan fingerprint density at radius 3 is 2.50 bits per heavy atom. The molecule has 0 saturated heterocycles. The maximum Gasteiger partial charge on any atom is 0.130 e. The van der Waals surface area contributed by atoms with Crippen molar-refractivity contribution in [2.75, 3.05) is 0 Å². The van der Waals surface area contributed by atoms with Gasteiger partial charge >= 0.3 is 0 Å². The number of pyridine rings is 1. The molecule has 3 rings (SSSR count). The Morgan fingerprint density at radius 1 is 0.944 bits per heavy atom. The fourth-order valence-electron chi connectivity index (χ4n) is 2.04. The number of benzene rings is 2. The van der Waals surface area contributed by atoms with Crippen LogP contribution in [0, 0.1) is 0 Å². The summed E-state index contributed by atoms with van der Waals surface area (Å²) in [4.78, 5) is 4.26. The lowest BCUT2D eigenvalue weighted by atomic mass is 10.0. The summed E-state index contributed by atoms with van der Waals surface area (Å²) in [6.45, 7) is 0. The van der Waals surface area contributed by atoms with Gasteiger partial charge in [0.15, 0.2) is 0 Å².